The molecule has 0 aliphatic carbocycles. The largest absolute Gasteiger partial charge is 0.497 e. The van der Waals surface area contributed by atoms with Crippen LogP contribution in [-0.2, 0) is 5.75 Å². The van der Waals surface area contributed by atoms with Gasteiger partial charge in [-0.2, -0.15) is 4.68 Å². The van der Waals surface area contributed by atoms with E-state index in [0.717, 1.165) is 11.4 Å². The molecule has 1 aromatic carbocycles. The number of rotatable bonds is 5. The summed E-state index contributed by atoms with van der Waals surface area (Å²) >= 11 is 2.85. The van der Waals surface area contributed by atoms with Gasteiger partial charge in [-0.3, -0.25) is 9.20 Å². The number of hydrogen-bond donors (Lipinski definition) is 0. The fraction of sp³-hybridized carbons (Fsp3) is 0.133. The fourth-order valence-electron chi connectivity index (χ4n) is 2.25. The molecule has 0 bridgehead atoms. The lowest BCUT2D eigenvalue weighted by atomic mass is 10.3. The molecule has 4 rings (SSSR count). The zero-order valence-corrected chi connectivity index (χ0v) is 14.7. The van der Waals surface area contributed by atoms with E-state index in [9.17, 15) is 4.79 Å². The first-order valence-electron chi connectivity index (χ1n) is 7.26. The van der Waals surface area contributed by atoms with Crippen molar-refractivity contribution < 1.29 is 4.74 Å². The topological polar surface area (TPSA) is 87.2 Å². The van der Waals surface area contributed by atoms with E-state index in [-0.39, 0.29) is 5.56 Å². The Labute approximate surface area is 150 Å². The second-order valence-electron chi connectivity index (χ2n) is 5.00. The Morgan fingerprint density at radius 2 is 2.12 bits per heavy atom. The number of nitrogens with zero attached hydrogens (tertiary/aromatic N) is 6. The predicted molar refractivity (Wildman–Crippen MR) is 94.6 cm³/mol. The Morgan fingerprint density at radius 3 is 2.92 bits per heavy atom. The van der Waals surface area contributed by atoms with E-state index >= 15 is 0 Å². The molecule has 0 aliphatic heterocycles. The molecule has 0 fully saturated rings. The summed E-state index contributed by atoms with van der Waals surface area (Å²) < 4.78 is 8.32. The highest BCUT2D eigenvalue weighted by Gasteiger charge is 2.11. The molecule has 8 nitrogen and oxygen atoms in total. The van der Waals surface area contributed by atoms with Crippen LogP contribution >= 0.6 is 23.1 Å². The highest BCUT2D eigenvalue weighted by atomic mass is 32.2. The predicted octanol–water partition coefficient (Wildman–Crippen LogP) is 2.03. The van der Waals surface area contributed by atoms with E-state index in [1.54, 1.807) is 18.0 Å². The van der Waals surface area contributed by atoms with Gasteiger partial charge in [0, 0.05) is 23.4 Å². The first kappa shape index (κ1) is 15.8. The lowest BCUT2D eigenvalue weighted by Crippen LogP contribution is -2.12. The van der Waals surface area contributed by atoms with Crippen molar-refractivity contribution in [3.8, 4) is 11.4 Å². The number of thiazole rings is 1. The molecule has 10 heteroatoms. The minimum atomic E-state index is -0.0865. The molecule has 126 valence electrons. The molecule has 0 saturated heterocycles. The number of aromatic nitrogens is 6. The normalized spacial score (nSPS) is 11.1. The average molecular weight is 372 g/mol. The summed E-state index contributed by atoms with van der Waals surface area (Å²) in [7, 11) is 1.62. The first-order valence-corrected chi connectivity index (χ1v) is 9.12. The standard InChI is InChI=1S/C15H12N6O2S2/c1-23-12-4-2-11(3-5-12)21-15(17-18-19-21)25-9-10-8-13(22)20-6-7-24-14(20)16-10/h2-8H,9H2,1H3. The Hall–Kier alpha value is -2.72. The average Bonchev–Trinajstić information content (AvgIpc) is 3.29. The van der Waals surface area contributed by atoms with Crippen LogP contribution in [0.1, 0.15) is 5.69 Å². The van der Waals surface area contributed by atoms with Crippen molar-refractivity contribution in [3.05, 3.63) is 58.0 Å². The molecular formula is C15H12N6O2S2. The van der Waals surface area contributed by atoms with Crippen molar-refractivity contribution in [1.82, 2.24) is 29.6 Å². The van der Waals surface area contributed by atoms with Gasteiger partial charge in [-0.15, -0.1) is 16.4 Å². The molecular weight excluding hydrogens is 360 g/mol. The third-order valence-electron chi connectivity index (χ3n) is 3.46. The second kappa shape index (κ2) is 6.65. The molecule has 0 N–H and O–H groups in total. The van der Waals surface area contributed by atoms with E-state index in [1.165, 1.54) is 33.6 Å². The van der Waals surface area contributed by atoms with Crippen molar-refractivity contribution in [3.63, 3.8) is 0 Å². The van der Waals surface area contributed by atoms with Gasteiger partial charge in [-0.25, -0.2) is 4.98 Å². The summed E-state index contributed by atoms with van der Waals surface area (Å²) in [5.41, 5.74) is 1.44. The second-order valence-corrected chi connectivity index (χ2v) is 6.82. The minimum Gasteiger partial charge on any atom is -0.497 e. The number of thioether (sulfide) groups is 1. The highest BCUT2D eigenvalue weighted by Crippen LogP contribution is 2.23. The van der Waals surface area contributed by atoms with Crippen LogP contribution < -0.4 is 10.3 Å². The number of methoxy groups -OCH3 is 1. The third kappa shape index (κ3) is 3.13. The number of fused-ring (bicyclic) bond motifs is 1. The molecule has 0 spiro atoms. The van der Waals surface area contributed by atoms with Crippen LogP contribution in [-0.4, -0.2) is 36.7 Å². The zero-order valence-electron chi connectivity index (χ0n) is 13.1. The van der Waals surface area contributed by atoms with Crippen LogP contribution in [0.5, 0.6) is 5.75 Å². The van der Waals surface area contributed by atoms with Crippen LogP contribution in [0, 0.1) is 0 Å². The first-order chi connectivity index (χ1) is 12.2. The van der Waals surface area contributed by atoms with Gasteiger partial charge in [0.25, 0.3) is 5.56 Å². The summed E-state index contributed by atoms with van der Waals surface area (Å²) in [4.78, 5) is 17.2. The smallest absolute Gasteiger partial charge is 0.258 e. The fourth-order valence-corrected chi connectivity index (χ4v) is 3.78. The Kier molecular flexibility index (Phi) is 4.20. The van der Waals surface area contributed by atoms with Crippen molar-refractivity contribution in [1.29, 1.82) is 0 Å². The molecule has 0 aliphatic rings. The number of ether oxygens (including phenoxy) is 1. The highest BCUT2D eigenvalue weighted by molar-refractivity contribution is 7.98. The molecule has 3 heterocycles. The minimum absolute atomic E-state index is 0.0865. The lowest BCUT2D eigenvalue weighted by molar-refractivity contribution is 0.414. The molecule has 0 amide bonds. The zero-order chi connectivity index (χ0) is 17.2. The van der Waals surface area contributed by atoms with Gasteiger partial charge in [-0.05, 0) is 34.7 Å². The maximum Gasteiger partial charge on any atom is 0.258 e. The van der Waals surface area contributed by atoms with Gasteiger partial charge < -0.3 is 4.74 Å². The van der Waals surface area contributed by atoms with Gasteiger partial charge in [0.2, 0.25) is 5.16 Å². The Morgan fingerprint density at radius 1 is 1.28 bits per heavy atom. The van der Waals surface area contributed by atoms with Crippen LogP contribution in [0.2, 0.25) is 0 Å². The molecule has 0 radical (unpaired) electrons. The number of hydrogen-bond acceptors (Lipinski definition) is 8. The van der Waals surface area contributed by atoms with Crippen LogP contribution in [0.25, 0.3) is 10.6 Å². The van der Waals surface area contributed by atoms with E-state index in [1.807, 2.05) is 29.6 Å². The third-order valence-corrected chi connectivity index (χ3v) is 5.17. The number of benzene rings is 1. The monoisotopic (exact) mass is 372 g/mol. The van der Waals surface area contributed by atoms with E-state index < -0.39 is 0 Å². The van der Waals surface area contributed by atoms with Crippen LogP contribution in [0.15, 0.2) is 51.9 Å². The van der Waals surface area contributed by atoms with Gasteiger partial charge in [0.05, 0.1) is 18.5 Å². The Balaban J connectivity index is 1.57. The van der Waals surface area contributed by atoms with Gasteiger partial charge >= 0.3 is 0 Å². The van der Waals surface area contributed by atoms with Crippen molar-refractivity contribution in [2.45, 2.75) is 10.9 Å². The summed E-state index contributed by atoms with van der Waals surface area (Å²) in [5.74, 6) is 1.26. The van der Waals surface area contributed by atoms with Gasteiger partial charge in [0.15, 0.2) is 4.96 Å². The van der Waals surface area contributed by atoms with Gasteiger partial charge in [-0.1, -0.05) is 11.8 Å². The molecule has 25 heavy (non-hydrogen) atoms. The van der Waals surface area contributed by atoms with Crippen molar-refractivity contribution >= 4 is 28.1 Å². The van der Waals surface area contributed by atoms with E-state index in [0.29, 0.717) is 21.6 Å². The van der Waals surface area contributed by atoms with E-state index in [4.69, 9.17) is 4.74 Å². The number of tetrazole rings is 1. The molecule has 0 unspecified atom stereocenters. The Bertz CT molecular complexity index is 1070. The molecule has 3 aromatic heterocycles. The summed E-state index contributed by atoms with van der Waals surface area (Å²) in [6, 6.07) is 8.98. The lowest BCUT2D eigenvalue weighted by Gasteiger charge is -2.05. The maximum atomic E-state index is 12.0. The molecule has 0 atom stereocenters. The maximum absolute atomic E-state index is 12.0. The summed E-state index contributed by atoms with van der Waals surface area (Å²) in [6.45, 7) is 0. The van der Waals surface area contributed by atoms with Gasteiger partial charge in [0.1, 0.15) is 5.75 Å². The van der Waals surface area contributed by atoms with Crippen LogP contribution in [0.3, 0.4) is 0 Å². The molecule has 4 aromatic rings. The molecule has 0 saturated carbocycles. The van der Waals surface area contributed by atoms with E-state index in [2.05, 4.69) is 20.5 Å². The SMILES string of the molecule is COc1ccc(-n2nnnc2SCc2cc(=O)n3ccsc3n2)cc1. The van der Waals surface area contributed by atoms with Crippen LogP contribution in [0.4, 0.5) is 0 Å². The van der Waals surface area contributed by atoms with Crippen molar-refractivity contribution in [2.24, 2.45) is 0 Å². The summed E-state index contributed by atoms with van der Waals surface area (Å²) in [6.07, 6.45) is 1.72. The van der Waals surface area contributed by atoms with Crippen molar-refractivity contribution in [2.75, 3.05) is 7.11 Å². The summed E-state index contributed by atoms with van der Waals surface area (Å²) in [5, 5.41) is 14.3. The quantitative estimate of drug-likeness (QED) is 0.495.